The number of carbonyl (C=O) groups excluding carboxylic acids is 1. The van der Waals surface area contributed by atoms with Gasteiger partial charge in [-0.05, 0) is 12.3 Å². The van der Waals surface area contributed by atoms with Gasteiger partial charge in [0.15, 0.2) is 0 Å². The molecule has 0 bridgehead atoms. The van der Waals surface area contributed by atoms with E-state index in [0.717, 1.165) is 18.1 Å². The summed E-state index contributed by atoms with van der Waals surface area (Å²) in [6.07, 6.45) is 0. The fraction of sp³-hybridized carbons (Fsp3) is 0.875. The van der Waals surface area contributed by atoms with Crippen LogP contribution in [0.2, 0.25) is 0 Å². The van der Waals surface area contributed by atoms with E-state index in [1.54, 1.807) is 11.8 Å². The molecule has 1 unspecified atom stereocenters. The van der Waals surface area contributed by atoms with Crippen LogP contribution in [0.4, 0.5) is 0 Å². The SMILES string of the molecule is CCNC(CSCC)C(=O)OC. The van der Waals surface area contributed by atoms with Gasteiger partial charge in [-0.3, -0.25) is 4.79 Å². The second-order valence-corrected chi connectivity index (χ2v) is 3.61. The van der Waals surface area contributed by atoms with Crippen LogP contribution in [-0.2, 0) is 9.53 Å². The number of hydrogen-bond donors (Lipinski definition) is 1. The lowest BCUT2D eigenvalue weighted by molar-refractivity contribution is -0.142. The van der Waals surface area contributed by atoms with Crippen LogP contribution >= 0.6 is 11.8 Å². The third-order valence-electron chi connectivity index (χ3n) is 1.42. The van der Waals surface area contributed by atoms with Crippen LogP contribution < -0.4 is 5.32 Å². The quantitative estimate of drug-likeness (QED) is 0.633. The van der Waals surface area contributed by atoms with E-state index in [1.165, 1.54) is 7.11 Å². The normalized spacial score (nSPS) is 12.6. The average Bonchev–Trinajstić information content (AvgIpc) is 2.11. The first kappa shape index (κ1) is 11.8. The number of methoxy groups -OCH3 is 1. The lowest BCUT2D eigenvalue weighted by Gasteiger charge is -2.13. The van der Waals surface area contributed by atoms with Gasteiger partial charge in [0.05, 0.1) is 7.11 Å². The second kappa shape index (κ2) is 7.43. The van der Waals surface area contributed by atoms with Crippen molar-refractivity contribution in [3.8, 4) is 0 Å². The molecule has 0 aromatic rings. The number of carbonyl (C=O) groups is 1. The Kier molecular flexibility index (Phi) is 7.29. The van der Waals surface area contributed by atoms with Gasteiger partial charge in [0, 0.05) is 5.75 Å². The minimum absolute atomic E-state index is 0.148. The molecule has 0 radical (unpaired) electrons. The maximum atomic E-state index is 11.1. The highest BCUT2D eigenvalue weighted by molar-refractivity contribution is 7.99. The Balaban J connectivity index is 3.76. The second-order valence-electron chi connectivity index (χ2n) is 2.29. The molecule has 1 atom stereocenters. The van der Waals surface area contributed by atoms with Crippen molar-refractivity contribution in [1.82, 2.24) is 5.32 Å². The van der Waals surface area contributed by atoms with Crippen LogP contribution in [0, 0.1) is 0 Å². The van der Waals surface area contributed by atoms with E-state index in [9.17, 15) is 4.79 Å². The van der Waals surface area contributed by atoms with Gasteiger partial charge in [0.1, 0.15) is 6.04 Å². The maximum Gasteiger partial charge on any atom is 0.323 e. The number of esters is 1. The van der Waals surface area contributed by atoms with Crippen molar-refractivity contribution in [1.29, 1.82) is 0 Å². The first-order valence-corrected chi connectivity index (χ1v) is 5.30. The molecular weight excluding hydrogens is 174 g/mol. The van der Waals surface area contributed by atoms with Crippen molar-refractivity contribution in [2.45, 2.75) is 19.9 Å². The molecule has 0 heterocycles. The number of likely N-dealkylation sites (N-methyl/N-ethyl adjacent to an activating group) is 1. The van der Waals surface area contributed by atoms with Gasteiger partial charge in [0.25, 0.3) is 0 Å². The van der Waals surface area contributed by atoms with E-state index in [2.05, 4.69) is 17.0 Å². The van der Waals surface area contributed by atoms with Gasteiger partial charge in [-0.25, -0.2) is 0 Å². The summed E-state index contributed by atoms with van der Waals surface area (Å²) in [6.45, 7) is 4.85. The Bertz CT molecular complexity index is 130. The number of ether oxygens (including phenoxy) is 1. The zero-order chi connectivity index (χ0) is 9.40. The average molecular weight is 191 g/mol. The zero-order valence-corrected chi connectivity index (χ0v) is 8.74. The summed E-state index contributed by atoms with van der Waals surface area (Å²) in [4.78, 5) is 11.1. The van der Waals surface area contributed by atoms with Gasteiger partial charge in [-0.2, -0.15) is 11.8 Å². The minimum atomic E-state index is -0.169. The molecule has 72 valence electrons. The number of thioether (sulfide) groups is 1. The van der Waals surface area contributed by atoms with Crippen molar-refractivity contribution in [2.24, 2.45) is 0 Å². The monoisotopic (exact) mass is 191 g/mol. The first-order valence-electron chi connectivity index (χ1n) is 4.15. The lowest BCUT2D eigenvalue weighted by atomic mass is 10.3. The summed E-state index contributed by atoms with van der Waals surface area (Å²) in [5.74, 6) is 1.65. The van der Waals surface area contributed by atoms with Gasteiger partial charge in [-0.15, -0.1) is 0 Å². The number of rotatable bonds is 6. The molecule has 3 nitrogen and oxygen atoms in total. The fourth-order valence-corrected chi connectivity index (χ4v) is 1.56. The van der Waals surface area contributed by atoms with E-state index in [-0.39, 0.29) is 12.0 Å². The molecule has 0 saturated heterocycles. The van der Waals surface area contributed by atoms with Crippen molar-refractivity contribution in [3.63, 3.8) is 0 Å². The maximum absolute atomic E-state index is 11.1. The highest BCUT2D eigenvalue weighted by Crippen LogP contribution is 2.02. The number of nitrogens with one attached hydrogen (secondary N) is 1. The van der Waals surface area contributed by atoms with Crippen molar-refractivity contribution >= 4 is 17.7 Å². The van der Waals surface area contributed by atoms with Crippen LogP contribution in [0.1, 0.15) is 13.8 Å². The largest absolute Gasteiger partial charge is 0.468 e. The number of hydrogen-bond acceptors (Lipinski definition) is 4. The summed E-state index contributed by atoms with van der Waals surface area (Å²) < 4.78 is 4.65. The summed E-state index contributed by atoms with van der Waals surface area (Å²) >= 11 is 1.74. The Labute approximate surface area is 78.2 Å². The summed E-state index contributed by atoms with van der Waals surface area (Å²) in [7, 11) is 1.42. The summed E-state index contributed by atoms with van der Waals surface area (Å²) in [5, 5.41) is 3.07. The Morgan fingerprint density at radius 1 is 1.58 bits per heavy atom. The first-order chi connectivity index (χ1) is 5.76. The Morgan fingerprint density at radius 3 is 2.67 bits per heavy atom. The summed E-state index contributed by atoms with van der Waals surface area (Å²) in [6, 6.07) is -0.148. The molecule has 0 aliphatic rings. The van der Waals surface area contributed by atoms with E-state index < -0.39 is 0 Å². The van der Waals surface area contributed by atoms with E-state index in [0.29, 0.717) is 0 Å². The Morgan fingerprint density at radius 2 is 2.25 bits per heavy atom. The predicted molar refractivity (Wildman–Crippen MR) is 52.5 cm³/mol. The molecule has 12 heavy (non-hydrogen) atoms. The Hall–Kier alpha value is -0.220. The van der Waals surface area contributed by atoms with Crippen LogP contribution in [-0.4, -0.2) is 37.2 Å². The molecule has 0 rings (SSSR count). The third kappa shape index (κ3) is 4.62. The molecule has 0 aliphatic heterocycles. The van der Waals surface area contributed by atoms with E-state index in [4.69, 9.17) is 0 Å². The van der Waals surface area contributed by atoms with Crippen molar-refractivity contribution in [3.05, 3.63) is 0 Å². The lowest BCUT2D eigenvalue weighted by Crippen LogP contribution is -2.39. The van der Waals surface area contributed by atoms with Crippen LogP contribution in [0.15, 0.2) is 0 Å². The smallest absolute Gasteiger partial charge is 0.323 e. The van der Waals surface area contributed by atoms with Gasteiger partial charge >= 0.3 is 5.97 Å². The molecule has 0 fully saturated rings. The van der Waals surface area contributed by atoms with Gasteiger partial charge in [-0.1, -0.05) is 13.8 Å². The molecule has 0 aromatic heterocycles. The summed E-state index contributed by atoms with van der Waals surface area (Å²) in [5.41, 5.74) is 0. The minimum Gasteiger partial charge on any atom is -0.468 e. The molecule has 1 N–H and O–H groups in total. The van der Waals surface area contributed by atoms with Crippen molar-refractivity contribution < 1.29 is 9.53 Å². The predicted octanol–water partition coefficient (Wildman–Crippen LogP) is 0.891. The van der Waals surface area contributed by atoms with E-state index >= 15 is 0 Å². The molecule has 0 aromatic carbocycles. The fourth-order valence-electron chi connectivity index (χ4n) is 0.835. The highest BCUT2D eigenvalue weighted by atomic mass is 32.2. The topological polar surface area (TPSA) is 38.3 Å². The standard InChI is InChI=1S/C8H17NO2S/c1-4-9-7(6-12-5-2)8(10)11-3/h7,9H,4-6H2,1-3H3. The third-order valence-corrected chi connectivity index (χ3v) is 2.40. The molecule has 0 saturated carbocycles. The van der Waals surface area contributed by atoms with Crippen LogP contribution in [0.3, 0.4) is 0 Å². The highest BCUT2D eigenvalue weighted by Gasteiger charge is 2.16. The van der Waals surface area contributed by atoms with E-state index in [1.807, 2.05) is 6.92 Å². The van der Waals surface area contributed by atoms with Crippen molar-refractivity contribution in [2.75, 3.05) is 25.2 Å². The molecule has 0 amide bonds. The molecule has 0 spiro atoms. The van der Waals surface area contributed by atoms with Crippen LogP contribution in [0.5, 0.6) is 0 Å². The van der Waals surface area contributed by atoms with Gasteiger partial charge < -0.3 is 10.1 Å². The zero-order valence-electron chi connectivity index (χ0n) is 7.92. The van der Waals surface area contributed by atoms with Gasteiger partial charge in [0.2, 0.25) is 0 Å². The molecule has 4 heteroatoms. The molecular formula is C8H17NO2S. The van der Waals surface area contributed by atoms with Crippen LogP contribution in [0.25, 0.3) is 0 Å². The molecule has 0 aliphatic carbocycles.